The predicted molar refractivity (Wildman–Crippen MR) is 190 cm³/mol. The first-order valence-electron chi connectivity index (χ1n) is 19.8. The van der Waals surface area contributed by atoms with Gasteiger partial charge in [0.2, 0.25) is 41.4 Å². The Morgan fingerprint density at radius 2 is 0.818 bits per heavy atom. The van der Waals surface area contributed by atoms with Crippen molar-refractivity contribution in [2.45, 2.75) is 113 Å². The topological polar surface area (TPSA) is 243 Å². The Labute approximate surface area is 319 Å². The summed E-state index contributed by atoms with van der Waals surface area (Å²) in [5, 5.41) is 18.6. The van der Waals surface area contributed by atoms with Crippen molar-refractivity contribution in [2.75, 3.05) is 58.9 Å². The molecular formula is C36H54N9O10+. The molecule has 0 aromatic heterocycles. The van der Waals surface area contributed by atoms with E-state index in [1.807, 2.05) is 5.32 Å². The van der Waals surface area contributed by atoms with Gasteiger partial charge in [-0.25, -0.2) is 0 Å². The number of hydrogen-bond acceptors (Lipinski definition) is 9. The number of rotatable bonds is 12. The molecule has 0 aliphatic carbocycles. The molecule has 0 aromatic rings. The van der Waals surface area contributed by atoms with Crippen molar-refractivity contribution < 1.29 is 53.6 Å². The van der Waals surface area contributed by atoms with Gasteiger partial charge in [-0.3, -0.25) is 43.2 Å². The SMILES string of the molecule is O=C(O)CNC(=O)[C@@H]1CCCN1C(=O)[C@@H]1CCCN1C(=O)CNC(=O)[C@@H]1CCCN1C(=O)[C@@H]1CCCN1C(=O)CNC(=O)[C@@H]1CCCN1C(=O)[C@@H]1CCC[NH2+]1. The van der Waals surface area contributed by atoms with Crippen molar-refractivity contribution in [1.82, 2.24) is 40.4 Å². The third-order valence-corrected chi connectivity index (χ3v) is 12.0. The zero-order valence-corrected chi connectivity index (χ0v) is 31.2. The van der Waals surface area contributed by atoms with Crippen LogP contribution in [-0.2, 0) is 43.2 Å². The molecule has 0 unspecified atom stereocenters. The van der Waals surface area contributed by atoms with Crippen LogP contribution in [0.4, 0.5) is 0 Å². The maximum Gasteiger partial charge on any atom is 0.322 e. The molecule has 19 nitrogen and oxygen atoms in total. The summed E-state index contributed by atoms with van der Waals surface area (Å²) in [6.07, 6.45) is 6.82. The first-order chi connectivity index (χ1) is 26.5. The number of carbonyl (C=O) groups is 9. The van der Waals surface area contributed by atoms with Crippen LogP contribution in [0.1, 0.15) is 77.0 Å². The van der Waals surface area contributed by atoms with E-state index >= 15 is 0 Å². The van der Waals surface area contributed by atoms with E-state index in [0.717, 1.165) is 19.4 Å². The van der Waals surface area contributed by atoms with Crippen molar-refractivity contribution in [3.63, 3.8) is 0 Å². The van der Waals surface area contributed by atoms with Gasteiger partial charge in [0.25, 0.3) is 5.91 Å². The molecule has 19 heteroatoms. The molecular weight excluding hydrogens is 718 g/mol. The fourth-order valence-electron chi connectivity index (χ4n) is 9.19. The molecule has 0 radical (unpaired) electrons. The highest BCUT2D eigenvalue weighted by Crippen LogP contribution is 2.27. The quantitative estimate of drug-likeness (QED) is 0.129. The van der Waals surface area contributed by atoms with E-state index in [0.29, 0.717) is 96.9 Å². The number of carboxylic acids is 1. The smallest absolute Gasteiger partial charge is 0.322 e. The second-order valence-electron chi connectivity index (χ2n) is 15.4. The number of hydrogen-bond donors (Lipinski definition) is 5. The predicted octanol–water partition coefficient (Wildman–Crippen LogP) is -3.90. The number of nitrogens with one attached hydrogen (secondary N) is 3. The summed E-state index contributed by atoms with van der Waals surface area (Å²) in [6.45, 7) is 1.39. The maximum absolute atomic E-state index is 13.9. The zero-order chi connectivity index (χ0) is 39.2. The van der Waals surface area contributed by atoms with E-state index in [1.54, 1.807) is 4.90 Å². The van der Waals surface area contributed by atoms with Crippen LogP contribution >= 0.6 is 0 Å². The Kier molecular flexibility index (Phi) is 12.9. The lowest BCUT2D eigenvalue weighted by molar-refractivity contribution is -0.658. The molecule has 6 atom stereocenters. The fourth-order valence-corrected chi connectivity index (χ4v) is 9.19. The van der Waals surface area contributed by atoms with Gasteiger partial charge in [-0.05, 0) is 64.2 Å². The average Bonchev–Trinajstić information content (AvgIpc) is 4.04. The van der Waals surface area contributed by atoms with Gasteiger partial charge in [0.1, 0.15) is 36.8 Å². The number of carbonyl (C=O) groups excluding carboxylic acids is 8. The van der Waals surface area contributed by atoms with Crippen LogP contribution in [0.25, 0.3) is 0 Å². The van der Waals surface area contributed by atoms with Crippen LogP contribution in [0.2, 0.25) is 0 Å². The zero-order valence-electron chi connectivity index (χ0n) is 31.2. The number of aliphatic carboxylic acids is 1. The largest absolute Gasteiger partial charge is 0.480 e. The van der Waals surface area contributed by atoms with E-state index in [9.17, 15) is 43.2 Å². The molecule has 6 fully saturated rings. The summed E-state index contributed by atoms with van der Waals surface area (Å²) < 4.78 is 0. The Morgan fingerprint density at radius 1 is 0.455 bits per heavy atom. The van der Waals surface area contributed by atoms with Crippen molar-refractivity contribution in [3.8, 4) is 0 Å². The molecule has 6 N–H and O–H groups in total. The summed E-state index contributed by atoms with van der Waals surface area (Å²) in [7, 11) is 0. The number of amides is 8. The Balaban J connectivity index is 0.984. The van der Waals surface area contributed by atoms with Gasteiger partial charge in [0.15, 0.2) is 6.04 Å². The highest BCUT2D eigenvalue weighted by Gasteiger charge is 2.45. The number of nitrogens with two attached hydrogens (primary N) is 1. The lowest BCUT2D eigenvalue weighted by Gasteiger charge is -2.32. The van der Waals surface area contributed by atoms with Crippen LogP contribution in [-0.4, -0.2) is 178 Å². The molecule has 6 aliphatic heterocycles. The van der Waals surface area contributed by atoms with E-state index in [2.05, 4.69) is 16.0 Å². The normalized spacial score (nSPS) is 27.7. The van der Waals surface area contributed by atoms with Gasteiger partial charge in [-0.15, -0.1) is 0 Å². The summed E-state index contributed by atoms with van der Waals surface area (Å²) in [5.41, 5.74) is 0. The molecule has 0 aromatic carbocycles. The molecule has 302 valence electrons. The molecule has 0 saturated carbocycles. The number of likely N-dealkylation sites (tertiary alicyclic amines) is 5. The van der Waals surface area contributed by atoms with E-state index < -0.39 is 66.4 Å². The van der Waals surface area contributed by atoms with Crippen molar-refractivity contribution in [2.24, 2.45) is 0 Å². The summed E-state index contributed by atoms with van der Waals surface area (Å²) in [5.74, 6) is -4.31. The van der Waals surface area contributed by atoms with Gasteiger partial charge >= 0.3 is 5.97 Å². The Bertz CT molecular complexity index is 1550. The van der Waals surface area contributed by atoms with E-state index in [-0.39, 0.29) is 42.8 Å². The van der Waals surface area contributed by atoms with Gasteiger partial charge in [-0.1, -0.05) is 0 Å². The first-order valence-corrected chi connectivity index (χ1v) is 19.8. The molecule has 8 amide bonds. The highest BCUT2D eigenvalue weighted by atomic mass is 16.4. The molecule has 6 aliphatic rings. The van der Waals surface area contributed by atoms with Crippen LogP contribution in [0, 0.1) is 0 Å². The van der Waals surface area contributed by atoms with Crippen LogP contribution in [0.5, 0.6) is 0 Å². The molecule has 0 bridgehead atoms. The van der Waals surface area contributed by atoms with E-state index in [4.69, 9.17) is 5.11 Å². The van der Waals surface area contributed by atoms with E-state index in [1.165, 1.54) is 19.6 Å². The highest BCUT2D eigenvalue weighted by molar-refractivity contribution is 5.97. The number of carboxylic acid groups (broad SMARTS) is 1. The monoisotopic (exact) mass is 772 g/mol. The fraction of sp³-hybridized carbons (Fsp3) is 0.750. The third kappa shape index (κ3) is 8.86. The number of nitrogens with zero attached hydrogens (tertiary/aromatic N) is 5. The second kappa shape index (κ2) is 17.8. The lowest BCUT2D eigenvalue weighted by Crippen LogP contribution is -2.89. The second-order valence-corrected chi connectivity index (χ2v) is 15.4. The summed E-state index contributed by atoms with van der Waals surface area (Å²) in [4.78, 5) is 125. The molecule has 55 heavy (non-hydrogen) atoms. The van der Waals surface area contributed by atoms with Gasteiger partial charge < -0.3 is 50.9 Å². The van der Waals surface area contributed by atoms with Crippen LogP contribution < -0.4 is 21.3 Å². The van der Waals surface area contributed by atoms with Gasteiger partial charge in [0, 0.05) is 45.6 Å². The number of quaternary nitrogens is 1. The molecule has 6 rings (SSSR count). The lowest BCUT2D eigenvalue weighted by atomic mass is 10.1. The Morgan fingerprint density at radius 3 is 1.20 bits per heavy atom. The minimum absolute atomic E-state index is 0.0363. The Hall–Kier alpha value is -4.81. The van der Waals surface area contributed by atoms with Crippen LogP contribution in [0.15, 0.2) is 0 Å². The molecule has 0 spiro atoms. The first kappa shape index (κ1) is 39.9. The van der Waals surface area contributed by atoms with Gasteiger partial charge in [0.05, 0.1) is 19.6 Å². The van der Waals surface area contributed by atoms with Crippen molar-refractivity contribution in [3.05, 3.63) is 0 Å². The van der Waals surface area contributed by atoms with Crippen LogP contribution in [0.3, 0.4) is 0 Å². The minimum Gasteiger partial charge on any atom is -0.480 e. The summed E-state index contributed by atoms with van der Waals surface area (Å²) in [6, 6.07) is -4.06. The molecule has 6 heterocycles. The average molecular weight is 773 g/mol. The maximum atomic E-state index is 13.9. The molecule has 6 saturated heterocycles. The summed E-state index contributed by atoms with van der Waals surface area (Å²) >= 11 is 0. The minimum atomic E-state index is -1.20. The van der Waals surface area contributed by atoms with Crippen molar-refractivity contribution >= 4 is 53.2 Å². The van der Waals surface area contributed by atoms with Gasteiger partial charge in [-0.2, -0.15) is 0 Å². The standard InChI is InChI=1S/C36H53N9O10/c46-28(19-38-31(50)23-8-2-16-43(23)34(53)22-7-1-13-37-22)41-14-5-11-26(41)35(54)44-17-3-9-24(44)32(51)39-20-29(47)42-15-6-12-27(42)36(55)45-18-4-10-25(45)33(52)40-21-30(48)49/h22-27,37H,1-21H2,(H,38,50)(H,39,51)(H,40,52)(H,48,49)/p+1/t22-,23-,24-,25-,26-,27-/m0/s1. The van der Waals surface area contributed by atoms with Crippen molar-refractivity contribution in [1.29, 1.82) is 0 Å². The third-order valence-electron chi connectivity index (χ3n) is 12.0.